The zero-order chi connectivity index (χ0) is 21.2. The Hall–Kier alpha value is -3.67. The van der Waals surface area contributed by atoms with E-state index >= 15 is 0 Å². The second-order valence-corrected chi connectivity index (χ2v) is 7.88. The van der Waals surface area contributed by atoms with Crippen LogP contribution in [0.5, 0.6) is 5.75 Å². The number of anilines is 2. The van der Waals surface area contributed by atoms with Crippen molar-refractivity contribution in [2.75, 3.05) is 12.4 Å². The van der Waals surface area contributed by atoms with Crippen LogP contribution < -0.4 is 10.1 Å². The molecule has 0 fully saturated rings. The monoisotopic (exact) mass is 411 g/mol. The van der Waals surface area contributed by atoms with E-state index < -0.39 is 0 Å². The summed E-state index contributed by atoms with van der Waals surface area (Å²) in [4.78, 5) is 9.11. The molecule has 0 bridgehead atoms. The number of methoxy groups -OCH3 is 1. The second kappa shape index (κ2) is 8.22. The van der Waals surface area contributed by atoms with Gasteiger partial charge in [-0.05, 0) is 72.9 Å². The van der Waals surface area contributed by atoms with Gasteiger partial charge in [0.2, 0.25) is 5.95 Å². The van der Waals surface area contributed by atoms with Gasteiger partial charge in [-0.3, -0.25) is 4.98 Å². The molecule has 2 aromatic heterocycles. The largest absolute Gasteiger partial charge is 0.497 e. The minimum atomic E-state index is 0.226. The summed E-state index contributed by atoms with van der Waals surface area (Å²) in [7, 11) is 1.70. The molecule has 4 aromatic rings. The van der Waals surface area contributed by atoms with Gasteiger partial charge in [-0.25, -0.2) is 4.68 Å². The van der Waals surface area contributed by atoms with Gasteiger partial charge >= 0.3 is 0 Å². The third kappa shape index (κ3) is 4.01. The van der Waals surface area contributed by atoms with E-state index in [4.69, 9.17) is 14.8 Å². The summed E-state index contributed by atoms with van der Waals surface area (Å²) in [5.74, 6) is 2.74. The maximum absolute atomic E-state index is 5.41. The Bertz CT molecular complexity index is 1200. The third-order valence-electron chi connectivity index (χ3n) is 5.74. The van der Waals surface area contributed by atoms with Gasteiger partial charge < -0.3 is 10.1 Å². The number of benzene rings is 2. The molecule has 156 valence electrons. The van der Waals surface area contributed by atoms with Crippen LogP contribution in [-0.2, 0) is 6.54 Å². The number of pyridine rings is 1. The predicted octanol–water partition coefficient (Wildman–Crippen LogP) is 5.33. The maximum atomic E-state index is 5.41. The minimum absolute atomic E-state index is 0.226. The number of hydrogen-bond acceptors (Lipinski definition) is 5. The fraction of sp³-hybridized carbons (Fsp3) is 0.240. The number of nitrogens with zero attached hydrogens (tertiary/aromatic N) is 4. The number of aromatic nitrogens is 4. The van der Waals surface area contributed by atoms with E-state index in [-0.39, 0.29) is 5.92 Å². The van der Waals surface area contributed by atoms with E-state index in [2.05, 4.69) is 52.8 Å². The van der Waals surface area contributed by atoms with Crippen molar-refractivity contribution in [3.63, 3.8) is 0 Å². The molecule has 2 aromatic carbocycles. The van der Waals surface area contributed by atoms with Crippen molar-refractivity contribution in [3.05, 3.63) is 83.9 Å². The van der Waals surface area contributed by atoms with Crippen LogP contribution >= 0.6 is 0 Å². The molecule has 0 saturated carbocycles. The van der Waals surface area contributed by atoms with Crippen molar-refractivity contribution < 1.29 is 4.74 Å². The molecule has 0 radical (unpaired) electrons. The molecule has 5 rings (SSSR count). The topological polar surface area (TPSA) is 64.9 Å². The van der Waals surface area contributed by atoms with Gasteiger partial charge in [0.15, 0.2) is 0 Å². The second-order valence-electron chi connectivity index (χ2n) is 7.88. The minimum Gasteiger partial charge on any atom is -0.497 e. The molecule has 3 heterocycles. The summed E-state index contributed by atoms with van der Waals surface area (Å²) in [5.41, 5.74) is 5.52. The number of nitrogens with one attached hydrogen (secondary N) is 1. The van der Waals surface area contributed by atoms with E-state index in [1.807, 2.05) is 36.0 Å². The number of ether oxygens (including phenoxy) is 1. The lowest BCUT2D eigenvalue weighted by atomic mass is 9.91. The summed E-state index contributed by atoms with van der Waals surface area (Å²) < 4.78 is 7.44. The summed E-state index contributed by atoms with van der Waals surface area (Å²) in [6.07, 6.45) is 3.98. The van der Waals surface area contributed by atoms with Gasteiger partial charge in [-0.2, -0.15) is 4.98 Å². The normalized spacial score (nSPS) is 15.4. The average Bonchev–Trinajstić information content (AvgIpc) is 3.22. The van der Waals surface area contributed by atoms with E-state index in [9.17, 15) is 0 Å². The highest BCUT2D eigenvalue weighted by atomic mass is 16.5. The van der Waals surface area contributed by atoms with Crippen molar-refractivity contribution in [1.82, 2.24) is 19.7 Å². The first-order valence-electron chi connectivity index (χ1n) is 10.6. The van der Waals surface area contributed by atoms with Gasteiger partial charge in [-0.1, -0.05) is 24.3 Å². The van der Waals surface area contributed by atoms with E-state index in [0.29, 0.717) is 5.95 Å². The summed E-state index contributed by atoms with van der Waals surface area (Å²) in [5, 5.41) is 8.08. The molecular formula is C25H25N5O. The molecule has 1 aliphatic heterocycles. The maximum Gasteiger partial charge on any atom is 0.246 e. The Balaban J connectivity index is 1.37. The molecule has 0 aliphatic carbocycles. The molecule has 31 heavy (non-hydrogen) atoms. The number of rotatable bonds is 5. The van der Waals surface area contributed by atoms with Crippen molar-refractivity contribution in [1.29, 1.82) is 0 Å². The average molecular weight is 412 g/mol. The van der Waals surface area contributed by atoms with Gasteiger partial charge in [0.05, 0.1) is 7.11 Å². The Kier molecular flexibility index (Phi) is 5.12. The number of fused-ring (bicyclic) bond motifs is 1. The fourth-order valence-corrected chi connectivity index (χ4v) is 4.18. The summed E-state index contributed by atoms with van der Waals surface area (Å²) in [6.45, 7) is 2.90. The van der Waals surface area contributed by atoms with E-state index in [0.717, 1.165) is 53.5 Å². The van der Waals surface area contributed by atoms with Crippen molar-refractivity contribution >= 4 is 11.6 Å². The van der Waals surface area contributed by atoms with Crippen molar-refractivity contribution in [2.24, 2.45) is 0 Å². The lowest BCUT2D eigenvalue weighted by molar-refractivity contribution is 0.411. The quantitative estimate of drug-likeness (QED) is 0.481. The molecule has 1 aliphatic rings. The highest BCUT2D eigenvalue weighted by Crippen LogP contribution is 2.34. The molecule has 0 amide bonds. The Morgan fingerprint density at radius 3 is 2.71 bits per heavy atom. The Morgan fingerprint density at radius 2 is 1.90 bits per heavy atom. The SMILES string of the molecule is COc1cccc(C2CCCn3nc(Nc4ccc(-c5ccnc(C)c5)cc4)nc32)c1. The molecule has 0 saturated heterocycles. The number of hydrogen-bond donors (Lipinski definition) is 1. The molecule has 1 N–H and O–H groups in total. The van der Waals surface area contributed by atoms with Crippen LogP contribution in [0.2, 0.25) is 0 Å². The lowest BCUT2D eigenvalue weighted by Gasteiger charge is -2.22. The first kappa shape index (κ1) is 19.3. The van der Waals surface area contributed by atoms with Crippen LogP contribution in [0, 0.1) is 6.92 Å². The van der Waals surface area contributed by atoms with Crippen LogP contribution in [0.15, 0.2) is 66.9 Å². The Morgan fingerprint density at radius 1 is 1.03 bits per heavy atom. The summed E-state index contributed by atoms with van der Waals surface area (Å²) in [6, 6.07) is 20.7. The molecule has 1 atom stereocenters. The highest BCUT2D eigenvalue weighted by Gasteiger charge is 2.26. The van der Waals surface area contributed by atoms with Crippen LogP contribution in [0.3, 0.4) is 0 Å². The first-order valence-corrected chi connectivity index (χ1v) is 10.6. The fourth-order valence-electron chi connectivity index (χ4n) is 4.18. The Labute approximate surface area is 181 Å². The lowest BCUT2D eigenvalue weighted by Crippen LogP contribution is -2.18. The zero-order valence-electron chi connectivity index (χ0n) is 17.7. The number of aryl methyl sites for hydroxylation is 2. The van der Waals surface area contributed by atoms with Gasteiger partial charge in [0.1, 0.15) is 11.6 Å². The van der Waals surface area contributed by atoms with Crippen LogP contribution in [0.25, 0.3) is 11.1 Å². The smallest absolute Gasteiger partial charge is 0.246 e. The van der Waals surface area contributed by atoms with E-state index in [1.165, 1.54) is 5.56 Å². The van der Waals surface area contributed by atoms with Gasteiger partial charge in [0.25, 0.3) is 0 Å². The van der Waals surface area contributed by atoms with E-state index in [1.54, 1.807) is 7.11 Å². The van der Waals surface area contributed by atoms with Gasteiger partial charge in [-0.15, -0.1) is 5.10 Å². The first-order chi connectivity index (χ1) is 15.2. The molecule has 6 nitrogen and oxygen atoms in total. The third-order valence-corrected chi connectivity index (χ3v) is 5.74. The molecule has 0 spiro atoms. The standard InChI is InChI=1S/C25H25N5O/c1-17-15-19(12-13-26-17)18-8-10-21(11-9-18)27-25-28-24-23(7-4-14-30(24)29-25)20-5-3-6-22(16-20)31-2/h3,5-6,8-13,15-16,23H,4,7,14H2,1-2H3,(H,27,29). The molecule has 6 heteroatoms. The predicted molar refractivity (Wildman–Crippen MR) is 122 cm³/mol. The zero-order valence-corrected chi connectivity index (χ0v) is 17.7. The highest BCUT2D eigenvalue weighted by molar-refractivity contribution is 5.67. The molecular weight excluding hydrogens is 386 g/mol. The van der Waals surface area contributed by atoms with Crippen LogP contribution in [-0.4, -0.2) is 26.9 Å². The van der Waals surface area contributed by atoms with Crippen LogP contribution in [0.4, 0.5) is 11.6 Å². The van der Waals surface area contributed by atoms with Crippen molar-refractivity contribution in [3.8, 4) is 16.9 Å². The van der Waals surface area contributed by atoms with Gasteiger partial charge in [0, 0.05) is 30.0 Å². The molecule has 1 unspecified atom stereocenters. The van der Waals surface area contributed by atoms with Crippen LogP contribution in [0.1, 0.15) is 35.8 Å². The summed E-state index contributed by atoms with van der Waals surface area (Å²) >= 11 is 0. The van der Waals surface area contributed by atoms with Crippen molar-refractivity contribution in [2.45, 2.75) is 32.2 Å².